The fraction of sp³-hybridized carbons (Fsp3) is 0.115. The largest absolute Gasteiger partial charge is 0.483 e. The van der Waals surface area contributed by atoms with Crippen molar-refractivity contribution in [3.05, 3.63) is 97.6 Å². The van der Waals surface area contributed by atoms with E-state index in [1.807, 2.05) is 6.92 Å². The zero-order chi connectivity index (χ0) is 25.8. The summed E-state index contributed by atoms with van der Waals surface area (Å²) in [4.78, 5) is 39.0. The van der Waals surface area contributed by atoms with Gasteiger partial charge in [-0.15, -0.1) is 0 Å². The molecule has 3 amide bonds. The van der Waals surface area contributed by atoms with E-state index in [4.69, 9.17) is 16.3 Å². The molecule has 0 aliphatic carbocycles. The molecule has 0 bridgehead atoms. The van der Waals surface area contributed by atoms with E-state index in [1.54, 1.807) is 42.5 Å². The van der Waals surface area contributed by atoms with Crippen LogP contribution < -0.4 is 10.1 Å². The van der Waals surface area contributed by atoms with Crippen molar-refractivity contribution in [2.75, 3.05) is 11.9 Å². The summed E-state index contributed by atoms with van der Waals surface area (Å²) in [5.74, 6) is -1.08. The van der Waals surface area contributed by atoms with E-state index in [0.717, 1.165) is 22.2 Å². The molecule has 0 saturated carbocycles. The highest BCUT2D eigenvalue weighted by atomic mass is 79.9. The highest BCUT2D eigenvalue weighted by Gasteiger charge is 2.35. The van der Waals surface area contributed by atoms with Gasteiger partial charge in [0.15, 0.2) is 6.61 Å². The SMILES string of the molecule is Cc1ccc(NC(=O)COc2ccc(Br)cc2/C=C2\SC(=O)N(Cc3ccccc3F)C2=O)cc1Cl. The van der Waals surface area contributed by atoms with Crippen molar-refractivity contribution in [2.45, 2.75) is 13.5 Å². The van der Waals surface area contributed by atoms with Crippen molar-refractivity contribution < 1.29 is 23.5 Å². The second kappa shape index (κ2) is 11.3. The minimum Gasteiger partial charge on any atom is -0.483 e. The number of amides is 3. The number of benzene rings is 3. The Bertz CT molecular complexity index is 1400. The first-order valence-electron chi connectivity index (χ1n) is 10.7. The number of carbonyl (C=O) groups excluding carboxylic acids is 3. The lowest BCUT2D eigenvalue weighted by Crippen LogP contribution is -2.27. The second-order valence-electron chi connectivity index (χ2n) is 7.84. The number of rotatable bonds is 7. The number of ether oxygens (including phenoxy) is 1. The molecule has 0 atom stereocenters. The third-order valence-electron chi connectivity index (χ3n) is 5.23. The second-order valence-corrected chi connectivity index (χ2v) is 10.2. The number of nitrogens with zero attached hydrogens (tertiary/aromatic N) is 1. The summed E-state index contributed by atoms with van der Waals surface area (Å²) in [6.07, 6.45) is 1.52. The number of aryl methyl sites for hydroxylation is 1. The molecular formula is C26H19BrClFN2O4S. The summed E-state index contributed by atoms with van der Waals surface area (Å²) in [5, 5.41) is 2.76. The number of anilines is 1. The van der Waals surface area contributed by atoms with E-state index in [0.29, 0.717) is 26.5 Å². The van der Waals surface area contributed by atoms with Crippen LogP contribution in [0.1, 0.15) is 16.7 Å². The Kier molecular flexibility index (Phi) is 8.13. The van der Waals surface area contributed by atoms with Gasteiger partial charge in [0.05, 0.1) is 11.4 Å². The first kappa shape index (κ1) is 25.9. The van der Waals surface area contributed by atoms with Gasteiger partial charge in [0.2, 0.25) is 0 Å². The van der Waals surface area contributed by atoms with E-state index in [-0.39, 0.29) is 23.6 Å². The fourth-order valence-corrected chi connectivity index (χ4v) is 4.74. The lowest BCUT2D eigenvalue weighted by molar-refractivity contribution is -0.123. The normalized spacial score (nSPS) is 14.4. The van der Waals surface area contributed by atoms with Crippen molar-refractivity contribution in [1.29, 1.82) is 0 Å². The Balaban J connectivity index is 1.48. The highest BCUT2D eigenvalue weighted by Crippen LogP contribution is 2.36. The number of thioether (sulfide) groups is 1. The maximum atomic E-state index is 14.0. The molecular weight excluding hydrogens is 571 g/mol. The van der Waals surface area contributed by atoms with E-state index in [2.05, 4.69) is 21.2 Å². The number of hydrogen-bond acceptors (Lipinski definition) is 5. The highest BCUT2D eigenvalue weighted by molar-refractivity contribution is 9.10. The lowest BCUT2D eigenvalue weighted by Gasteiger charge is -2.13. The molecule has 1 aliphatic heterocycles. The van der Waals surface area contributed by atoms with Crippen molar-refractivity contribution in [3.63, 3.8) is 0 Å². The van der Waals surface area contributed by atoms with Gasteiger partial charge in [-0.3, -0.25) is 19.3 Å². The Morgan fingerprint density at radius 1 is 1.17 bits per heavy atom. The fourth-order valence-electron chi connectivity index (χ4n) is 3.35. The third-order valence-corrected chi connectivity index (χ3v) is 7.04. The van der Waals surface area contributed by atoms with Crippen molar-refractivity contribution >= 4 is 68.1 Å². The van der Waals surface area contributed by atoms with Crippen LogP contribution in [0, 0.1) is 12.7 Å². The standard InChI is InChI=1S/C26H19BrClFN2O4S/c1-15-6-8-19(12-20(15)28)30-24(32)14-35-22-9-7-18(27)10-17(22)11-23-25(33)31(26(34)36-23)13-16-4-2-3-5-21(16)29/h2-12H,13-14H2,1H3,(H,30,32)/b23-11-. The topological polar surface area (TPSA) is 75.7 Å². The molecule has 10 heteroatoms. The van der Waals surface area contributed by atoms with Gasteiger partial charge in [0.1, 0.15) is 11.6 Å². The van der Waals surface area contributed by atoms with Crippen LogP contribution in [0.3, 0.4) is 0 Å². The summed E-state index contributed by atoms with van der Waals surface area (Å²) in [6.45, 7) is 1.41. The van der Waals surface area contributed by atoms with E-state index in [1.165, 1.54) is 24.3 Å². The molecule has 36 heavy (non-hydrogen) atoms. The summed E-state index contributed by atoms with van der Waals surface area (Å²) in [7, 11) is 0. The molecule has 3 aromatic rings. The van der Waals surface area contributed by atoms with Gasteiger partial charge < -0.3 is 10.1 Å². The zero-order valence-electron chi connectivity index (χ0n) is 18.9. The molecule has 0 unspecified atom stereocenters. The van der Waals surface area contributed by atoms with Crippen LogP contribution in [-0.2, 0) is 16.1 Å². The Labute approximate surface area is 224 Å². The van der Waals surface area contributed by atoms with Crippen LogP contribution in [0.25, 0.3) is 6.08 Å². The van der Waals surface area contributed by atoms with E-state index in [9.17, 15) is 18.8 Å². The molecule has 0 aromatic heterocycles. The lowest BCUT2D eigenvalue weighted by atomic mass is 10.1. The number of imide groups is 1. The smallest absolute Gasteiger partial charge is 0.293 e. The van der Waals surface area contributed by atoms with Crippen LogP contribution in [-0.4, -0.2) is 28.6 Å². The average Bonchev–Trinajstić information content (AvgIpc) is 3.09. The van der Waals surface area contributed by atoms with Gasteiger partial charge in [0.25, 0.3) is 17.1 Å². The van der Waals surface area contributed by atoms with Crippen LogP contribution in [0.4, 0.5) is 14.9 Å². The van der Waals surface area contributed by atoms with Crippen molar-refractivity contribution in [2.24, 2.45) is 0 Å². The molecule has 3 aromatic carbocycles. The van der Waals surface area contributed by atoms with Crippen molar-refractivity contribution in [3.8, 4) is 5.75 Å². The molecule has 1 saturated heterocycles. The molecule has 0 radical (unpaired) electrons. The number of halogens is 3. The summed E-state index contributed by atoms with van der Waals surface area (Å²) >= 11 is 10.2. The zero-order valence-corrected chi connectivity index (χ0v) is 22.0. The number of carbonyl (C=O) groups is 3. The van der Waals surface area contributed by atoms with E-state index >= 15 is 0 Å². The molecule has 1 aliphatic rings. The Hall–Kier alpha value is -3.14. The maximum absolute atomic E-state index is 14.0. The van der Waals surface area contributed by atoms with Gasteiger partial charge in [-0.2, -0.15) is 0 Å². The minimum atomic E-state index is -0.534. The summed E-state index contributed by atoms with van der Waals surface area (Å²) in [5.41, 5.74) is 2.17. The molecule has 1 heterocycles. The first-order chi connectivity index (χ1) is 17.2. The third kappa shape index (κ3) is 6.16. The van der Waals surface area contributed by atoms with Crippen LogP contribution in [0.15, 0.2) is 70.0 Å². The molecule has 1 fully saturated rings. The van der Waals surface area contributed by atoms with Crippen LogP contribution in [0.5, 0.6) is 5.75 Å². The predicted octanol–water partition coefficient (Wildman–Crippen LogP) is 6.80. The van der Waals surface area contributed by atoms with Crippen LogP contribution >= 0.6 is 39.3 Å². The van der Waals surface area contributed by atoms with E-state index < -0.39 is 22.9 Å². The minimum absolute atomic E-state index is 0.165. The molecule has 4 rings (SSSR count). The number of hydrogen-bond donors (Lipinski definition) is 1. The monoisotopic (exact) mass is 588 g/mol. The molecule has 1 N–H and O–H groups in total. The van der Waals surface area contributed by atoms with Crippen molar-refractivity contribution in [1.82, 2.24) is 4.90 Å². The summed E-state index contributed by atoms with van der Waals surface area (Å²) < 4.78 is 20.5. The Morgan fingerprint density at radius 3 is 2.69 bits per heavy atom. The maximum Gasteiger partial charge on any atom is 0.293 e. The Morgan fingerprint density at radius 2 is 1.94 bits per heavy atom. The first-order valence-corrected chi connectivity index (χ1v) is 12.7. The van der Waals surface area contributed by atoms with Crippen LogP contribution in [0.2, 0.25) is 5.02 Å². The van der Waals surface area contributed by atoms with Gasteiger partial charge in [-0.25, -0.2) is 4.39 Å². The predicted molar refractivity (Wildman–Crippen MR) is 142 cm³/mol. The van der Waals surface area contributed by atoms with Gasteiger partial charge >= 0.3 is 0 Å². The van der Waals surface area contributed by atoms with Gasteiger partial charge in [-0.1, -0.05) is 51.8 Å². The number of nitrogens with one attached hydrogen (secondary N) is 1. The quantitative estimate of drug-likeness (QED) is 0.307. The van der Waals surface area contributed by atoms with Gasteiger partial charge in [-0.05, 0) is 66.7 Å². The summed E-state index contributed by atoms with van der Waals surface area (Å²) in [6, 6.07) is 16.3. The molecule has 0 spiro atoms. The van der Waals surface area contributed by atoms with Gasteiger partial charge in [0, 0.05) is 26.3 Å². The molecule has 184 valence electrons. The molecule has 6 nitrogen and oxygen atoms in total. The average molecular weight is 590 g/mol.